The van der Waals surface area contributed by atoms with E-state index in [1.165, 1.54) is 0 Å². The smallest absolute Gasteiger partial charge is 0.244 e. The Morgan fingerprint density at radius 2 is 1.67 bits per heavy atom. The minimum absolute atomic E-state index is 0.160. The molecule has 5 heteroatoms. The van der Waals surface area contributed by atoms with E-state index < -0.39 is 11.9 Å². The van der Waals surface area contributed by atoms with E-state index in [2.05, 4.69) is 5.32 Å². The number of hydrogen-bond acceptors (Lipinski definition) is 2. The molecule has 2 aromatic carbocycles. The summed E-state index contributed by atoms with van der Waals surface area (Å²) in [5.41, 5.74) is 6.83. The Labute approximate surface area is 127 Å². The normalized spacial score (nSPS) is 11.7. The zero-order chi connectivity index (χ0) is 15.2. The summed E-state index contributed by atoms with van der Waals surface area (Å²) in [7, 11) is 0. The number of nitrogens with one attached hydrogen (secondary N) is 1. The van der Waals surface area contributed by atoms with Crippen LogP contribution in [0, 0.1) is 0 Å². The summed E-state index contributed by atoms with van der Waals surface area (Å²) in [5.74, 6) is -0.865. The number of amides is 2. The zero-order valence-corrected chi connectivity index (χ0v) is 12.0. The second-order valence-corrected chi connectivity index (χ2v) is 5.05. The second-order valence-electron chi connectivity index (χ2n) is 4.62. The summed E-state index contributed by atoms with van der Waals surface area (Å²) < 4.78 is 0. The van der Waals surface area contributed by atoms with Gasteiger partial charge in [0.1, 0.15) is 6.04 Å². The molecule has 2 rings (SSSR count). The van der Waals surface area contributed by atoms with Gasteiger partial charge in [-0.05, 0) is 23.3 Å². The molecule has 0 radical (unpaired) electrons. The highest BCUT2D eigenvalue weighted by Crippen LogP contribution is 2.13. The van der Waals surface area contributed by atoms with Crippen LogP contribution in [-0.4, -0.2) is 11.8 Å². The van der Waals surface area contributed by atoms with Crippen molar-refractivity contribution in [2.24, 2.45) is 5.73 Å². The average Bonchev–Trinajstić information content (AvgIpc) is 2.48. The fourth-order valence-corrected chi connectivity index (χ4v) is 2.09. The molecule has 1 unspecified atom stereocenters. The Hall–Kier alpha value is -2.33. The van der Waals surface area contributed by atoms with Gasteiger partial charge in [-0.3, -0.25) is 9.59 Å². The molecular weight excluding hydrogens is 288 g/mol. The topological polar surface area (TPSA) is 72.2 Å². The molecule has 0 aliphatic carbocycles. The van der Waals surface area contributed by atoms with Crippen molar-refractivity contribution in [1.82, 2.24) is 5.32 Å². The minimum atomic E-state index is -0.828. The molecule has 0 aromatic heterocycles. The molecule has 108 valence electrons. The molecule has 0 aliphatic heterocycles. The third-order valence-electron chi connectivity index (χ3n) is 3.00. The average molecular weight is 303 g/mol. The van der Waals surface area contributed by atoms with Crippen molar-refractivity contribution in [3.8, 4) is 0 Å². The molecule has 3 N–H and O–H groups in total. The van der Waals surface area contributed by atoms with E-state index in [9.17, 15) is 9.59 Å². The number of primary amides is 1. The van der Waals surface area contributed by atoms with Crippen LogP contribution in [-0.2, 0) is 16.0 Å². The van der Waals surface area contributed by atoms with Gasteiger partial charge in [0, 0.05) is 5.02 Å². The maximum Gasteiger partial charge on any atom is 0.244 e. The fourth-order valence-electron chi connectivity index (χ4n) is 1.96. The Kier molecular flexibility index (Phi) is 4.95. The first-order valence-electron chi connectivity index (χ1n) is 6.44. The highest BCUT2D eigenvalue weighted by atomic mass is 35.5. The summed E-state index contributed by atoms with van der Waals surface area (Å²) in [6.07, 6.45) is 0.160. The van der Waals surface area contributed by atoms with Gasteiger partial charge in [-0.1, -0.05) is 54.1 Å². The lowest BCUT2D eigenvalue weighted by atomic mass is 10.1. The predicted molar refractivity (Wildman–Crippen MR) is 81.7 cm³/mol. The minimum Gasteiger partial charge on any atom is -0.368 e. The molecule has 4 nitrogen and oxygen atoms in total. The number of carbonyl (C=O) groups is 2. The van der Waals surface area contributed by atoms with Crippen LogP contribution in [0.5, 0.6) is 0 Å². The zero-order valence-electron chi connectivity index (χ0n) is 11.3. The van der Waals surface area contributed by atoms with Crippen LogP contribution in [0.1, 0.15) is 17.2 Å². The van der Waals surface area contributed by atoms with Crippen LogP contribution < -0.4 is 11.1 Å². The third-order valence-corrected chi connectivity index (χ3v) is 3.25. The second kappa shape index (κ2) is 6.90. The summed E-state index contributed by atoms with van der Waals surface area (Å²) in [6, 6.07) is 15.0. The van der Waals surface area contributed by atoms with Gasteiger partial charge in [-0.2, -0.15) is 0 Å². The van der Waals surface area contributed by atoms with E-state index in [0.717, 1.165) is 5.56 Å². The van der Waals surface area contributed by atoms with Crippen LogP contribution in [0.15, 0.2) is 54.6 Å². The van der Waals surface area contributed by atoms with Crippen molar-refractivity contribution in [2.75, 3.05) is 0 Å². The SMILES string of the molecule is NC(=O)C(NC(=O)Cc1ccc(Cl)cc1)c1ccccc1. The van der Waals surface area contributed by atoms with Gasteiger partial charge in [-0.15, -0.1) is 0 Å². The summed E-state index contributed by atoms with van der Waals surface area (Å²) in [4.78, 5) is 23.6. The molecule has 0 fully saturated rings. The molecule has 0 spiro atoms. The van der Waals surface area contributed by atoms with Crippen LogP contribution >= 0.6 is 11.6 Å². The van der Waals surface area contributed by atoms with Gasteiger partial charge < -0.3 is 11.1 Å². The molecule has 1 atom stereocenters. The van der Waals surface area contributed by atoms with E-state index in [4.69, 9.17) is 17.3 Å². The van der Waals surface area contributed by atoms with Crippen molar-refractivity contribution in [2.45, 2.75) is 12.5 Å². The summed E-state index contributed by atoms with van der Waals surface area (Å²) >= 11 is 5.79. The number of nitrogens with two attached hydrogens (primary N) is 1. The number of hydrogen-bond donors (Lipinski definition) is 2. The van der Waals surface area contributed by atoms with Crippen molar-refractivity contribution in [3.05, 3.63) is 70.7 Å². The van der Waals surface area contributed by atoms with Gasteiger partial charge in [0.25, 0.3) is 0 Å². The van der Waals surface area contributed by atoms with E-state index in [1.807, 2.05) is 6.07 Å². The Balaban J connectivity index is 2.05. The van der Waals surface area contributed by atoms with Crippen molar-refractivity contribution in [1.29, 1.82) is 0 Å². The summed E-state index contributed by atoms with van der Waals surface area (Å²) in [5, 5.41) is 3.26. The van der Waals surface area contributed by atoms with Crippen molar-refractivity contribution in [3.63, 3.8) is 0 Å². The Morgan fingerprint density at radius 3 is 2.24 bits per heavy atom. The lowest BCUT2D eigenvalue weighted by molar-refractivity contribution is -0.127. The van der Waals surface area contributed by atoms with Gasteiger partial charge in [0.05, 0.1) is 6.42 Å². The van der Waals surface area contributed by atoms with Crippen molar-refractivity contribution >= 4 is 23.4 Å². The molecule has 2 aromatic rings. The van der Waals surface area contributed by atoms with Crippen LogP contribution in [0.2, 0.25) is 5.02 Å². The van der Waals surface area contributed by atoms with Crippen LogP contribution in [0.4, 0.5) is 0 Å². The highest BCUT2D eigenvalue weighted by molar-refractivity contribution is 6.30. The monoisotopic (exact) mass is 302 g/mol. The van der Waals surface area contributed by atoms with Gasteiger partial charge >= 0.3 is 0 Å². The fraction of sp³-hybridized carbons (Fsp3) is 0.125. The molecule has 0 saturated heterocycles. The first kappa shape index (κ1) is 15.1. The third kappa shape index (κ3) is 4.33. The van der Waals surface area contributed by atoms with E-state index in [0.29, 0.717) is 10.6 Å². The lowest BCUT2D eigenvalue weighted by Gasteiger charge is -2.15. The quantitative estimate of drug-likeness (QED) is 0.889. The van der Waals surface area contributed by atoms with E-state index in [-0.39, 0.29) is 12.3 Å². The number of halogens is 1. The van der Waals surface area contributed by atoms with Crippen molar-refractivity contribution < 1.29 is 9.59 Å². The van der Waals surface area contributed by atoms with Gasteiger partial charge in [-0.25, -0.2) is 0 Å². The Bertz CT molecular complexity index is 626. The molecule has 0 aliphatic rings. The predicted octanol–water partition coefficient (Wildman–Crippen LogP) is 2.23. The summed E-state index contributed by atoms with van der Waals surface area (Å²) in [6.45, 7) is 0. The lowest BCUT2D eigenvalue weighted by Crippen LogP contribution is -2.38. The Morgan fingerprint density at radius 1 is 1.05 bits per heavy atom. The number of carbonyl (C=O) groups excluding carboxylic acids is 2. The van der Waals surface area contributed by atoms with Gasteiger partial charge in [0.2, 0.25) is 11.8 Å². The molecule has 21 heavy (non-hydrogen) atoms. The number of rotatable bonds is 5. The largest absolute Gasteiger partial charge is 0.368 e. The molecule has 0 saturated carbocycles. The number of benzene rings is 2. The maximum atomic E-state index is 12.0. The van der Waals surface area contributed by atoms with Gasteiger partial charge in [0.15, 0.2) is 0 Å². The first-order chi connectivity index (χ1) is 10.1. The molecule has 0 bridgehead atoms. The first-order valence-corrected chi connectivity index (χ1v) is 6.82. The van der Waals surface area contributed by atoms with E-state index >= 15 is 0 Å². The van der Waals surface area contributed by atoms with E-state index in [1.54, 1.807) is 48.5 Å². The molecule has 2 amide bonds. The maximum absolute atomic E-state index is 12.0. The molecular formula is C16H15ClN2O2. The van der Waals surface area contributed by atoms with Crippen LogP contribution in [0.3, 0.4) is 0 Å². The highest BCUT2D eigenvalue weighted by Gasteiger charge is 2.19. The molecule has 0 heterocycles. The van der Waals surface area contributed by atoms with Crippen LogP contribution in [0.25, 0.3) is 0 Å². The standard InChI is InChI=1S/C16H15ClN2O2/c17-13-8-6-11(7-9-13)10-14(20)19-15(16(18)21)12-4-2-1-3-5-12/h1-9,15H,10H2,(H2,18,21)(H,19,20).